The molecule has 3 atom stereocenters. The Kier molecular flexibility index (Phi) is 2.92. The maximum atomic E-state index is 12.8. The number of carbonyl (C=O) groups is 1. The molecule has 1 aromatic carbocycles. The molecule has 1 saturated heterocycles. The van der Waals surface area contributed by atoms with Gasteiger partial charge < -0.3 is 4.90 Å². The average molecular weight is 283 g/mol. The van der Waals surface area contributed by atoms with Crippen LogP contribution in [0.1, 0.15) is 50.7 Å². The van der Waals surface area contributed by atoms with Gasteiger partial charge in [-0.05, 0) is 48.1 Å². The highest BCUT2D eigenvalue weighted by atomic mass is 16.2. The number of carbonyl (C=O) groups excluding carboxylic acids is 1. The van der Waals surface area contributed by atoms with Gasteiger partial charge in [0.2, 0.25) is 5.91 Å². The minimum atomic E-state index is 0.246. The number of nitrogens with zero attached hydrogens (tertiary/aromatic N) is 1. The number of benzene rings is 1. The Bertz CT molecular complexity index is 577. The van der Waals surface area contributed by atoms with Crippen LogP contribution in [0.2, 0.25) is 0 Å². The number of amides is 1. The molecule has 112 valence electrons. The summed E-state index contributed by atoms with van der Waals surface area (Å²) < 4.78 is 0. The van der Waals surface area contributed by atoms with Gasteiger partial charge in [0, 0.05) is 18.5 Å². The van der Waals surface area contributed by atoms with E-state index in [0.29, 0.717) is 23.8 Å². The molecule has 2 heteroatoms. The van der Waals surface area contributed by atoms with E-state index in [0.717, 1.165) is 32.2 Å². The summed E-state index contributed by atoms with van der Waals surface area (Å²) in [5, 5.41) is 0. The molecule has 0 radical (unpaired) electrons. The van der Waals surface area contributed by atoms with Gasteiger partial charge in [0.25, 0.3) is 0 Å². The summed E-state index contributed by atoms with van der Waals surface area (Å²) in [5.41, 5.74) is 3.24. The van der Waals surface area contributed by atoms with Crippen LogP contribution in [0.5, 0.6) is 0 Å². The van der Waals surface area contributed by atoms with E-state index >= 15 is 0 Å². The minimum Gasteiger partial charge on any atom is -0.339 e. The average Bonchev–Trinajstić information content (AvgIpc) is 2.41. The van der Waals surface area contributed by atoms with Gasteiger partial charge in [-0.25, -0.2) is 0 Å². The Morgan fingerprint density at radius 3 is 2.76 bits per heavy atom. The third kappa shape index (κ3) is 1.81. The van der Waals surface area contributed by atoms with Gasteiger partial charge >= 0.3 is 0 Å². The van der Waals surface area contributed by atoms with Gasteiger partial charge in [0.1, 0.15) is 0 Å². The lowest BCUT2D eigenvalue weighted by Gasteiger charge is -2.55. The van der Waals surface area contributed by atoms with Gasteiger partial charge in [-0.15, -0.1) is 0 Å². The minimum absolute atomic E-state index is 0.246. The molecule has 4 rings (SSSR count). The predicted octanol–water partition coefficient (Wildman–Crippen LogP) is 3.54. The molecule has 1 heterocycles. The maximum Gasteiger partial charge on any atom is 0.225 e. The van der Waals surface area contributed by atoms with Crippen molar-refractivity contribution in [2.45, 2.75) is 57.4 Å². The monoisotopic (exact) mass is 283 g/mol. The van der Waals surface area contributed by atoms with Crippen molar-refractivity contribution in [2.24, 2.45) is 11.8 Å². The van der Waals surface area contributed by atoms with Crippen LogP contribution in [0.25, 0.3) is 0 Å². The molecular formula is C19H25NO. The van der Waals surface area contributed by atoms with Gasteiger partial charge in [0.05, 0.1) is 0 Å². The van der Waals surface area contributed by atoms with Crippen molar-refractivity contribution < 1.29 is 4.79 Å². The van der Waals surface area contributed by atoms with Crippen LogP contribution in [0.15, 0.2) is 24.3 Å². The van der Waals surface area contributed by atoms with Gasteiger partial charge in [-0.3, -0.25) is 4.79 Å². The maximum absolute atomic E-state index is 12.8. The Labute approximate surface area is 127 Å². The molecule has 1 saturated carbocycles. The van der Waals surface area contributed by atoms with Crippen molar-refractivity contribution in [2.75, 3.05) is 6.54 Å². The van der Waals surface area contributed by atoms with Crippen molar-refractivity contribution in [1.29, 1.82) is 0 Å². The van der Waals surface area contributed by atoms with E-state index in [1.54, 1.807) is 0 Å². The molecule has 2 aliphatic carbocycles. The zero-order valence-corrected chi connectivity index (χ0v) is 13.1. The normalized spacial score (nSPS) is 35.0. The van der Waals surface area contributed by atoms with Crippen LogP contribution in [0, 0.1) is 11.8 Å². The third-order valence-corrected chi connectivity index (χ3v) is 6.65. The van der Waals surface area contributed by atoms with Crippen molar-refractivity contribution in [3.8, 4) is 0 Å². The molecule has 2 bridgehead atoms. The molecule has 2 nitrogen and oxygen atoms in total. The largest absolute Gasteiger partial charge is 0.339 e. The lowest BCUT2D eigenvalue weighted by Crippen LogP contribution is -2.60. The lowest BCUT2D eigenvalue weighted by molar-refractivity contribution is -0.145. The summed E-state index contributed by atoms with van der Waals surface area (Å²) in [6, 6.07) is 9.30. The molecule has 21 heavy (non-hydrogen) atoms. The number of likely N-dealkylation sites (tertiary alicyclic amines) is 1. The molecular weight excluding hydrogens is 258 g/mol. The standard InChI is InChI=1S/C19H25NO/c1-13-17-12-15-6-3-4-9-16(15)19(13,2)10-11-20(17)18(21)14-7-5-8-14/h3-4,6,9,13-14,17H,5,7-8,10-12H2,1-2H3/t13-,17-,19-/m1/s1. The number of hydrogen-bond acceptors (Lipinski definition) is 1. The zero-order chi connectivity index (χ0) is 14.6. The van der Waals surface area contributed by atoms with Gasteiger partial charge in [-0.2, -0.15) is 0 Å². The summed E-state index contributed by atoms with van der Waals surface area (Å²) >= 11 is 0. The smallest absolute Gasteiger partial charge is 0.225 e. The van der Waals surface area contributed by atoms with Crippen LogP contribution in [0.3, 0.4) is 0 Å². The number of piperidine rings is 1. The molecule has 3 aliphatic rings. The first-order valence-corrected chi connectivity index (χ1v) is 8.50. The molecule has 1 amide bonds. The SMILES string of the molecule is C[C@@H]1[C@H]2Cc3ccccc3[C@]1(C)CCN2C(=O)C1CCC1. The van der Waals surface area contributed by atoms with E-state index in [9.17, 15) is 4.79 Å². The fourth-order valence-electron chi connectivity index (χ4n) is 4.75. The molecule has 0 aromatic heterocycles. The fraction of sp³-hybridized carbons (Fsp3) is 0.632. The second-order valence-corrected chi connectivity index (χ2v) is 7.54. The Morgan fingerprint density at radius 1 is 1.29 bits per heavy atom. The molecule has 1 aromatic rings. The first-order chi connectivity index (χ1) is 10.1. The van der Waals surface area contributed by atoms with Crippen molar-refractivity contribution >= 4 is 5.91 Å². The van der Waals surface area contributed by atoms with Crippen LogP contribution < -0.4 is 0 Å². The first-order valence-electron chi connectivity index (χ1n) is 8.50. The number of hydrogen-bond donors (Lipinski definition) is 0. The second-order valence-electron chi connectivity index (χ2n) is 7.54. The highest BCUT2D eigenvalue weighted by molar-refractivity contribution is 5.80. The molecule has 0 spiro atoms. The van der Waals surface area contributed by atoms with Crippen LogP contribution in [0.4, 0.5) is 0 Å². The van der Waals surface area contributed by atoms with Crippen molar-refractivity contribution in [3.63, 3.8) is 0 Å². The van der Waals surface area contributed by atoms with Crippen LogP contribution in [-0.4, -0.2) is 23.4 Å². The fourth-order valence-corrected chi connectivity index (χ4v) is 4.75. The second kappa shape index (κ2) is 4.59. The molecule has 2 fully saturated rings. The summed E-state index contributed by atoms with van der Waals surface area (Å²) in [6.45, 7) is 5.73. The van der Waals surface area contributed by atoms with Crippen molar-refractivity contribution in [1.82, 2.24) is 4.90 Å². The number of rotatable bonds is 1. The van der Waals surface area contributed by atoms with E-state index in [-0.39, 0.29) is 5.41 Å². The van der Waals surface area contributed by atoms with E-state index in [1.165, 1.54) is 17.5 Å². The van der Waals surface area contributed by atoms with Crippen molar-refractivity contribution in [3.05, 3.63) is 35.4 Å². The van der Waals surface area contributed by atoms with E-state index in [2.05, 4.69) is 43.0 Å². The predicted molar refractivity (Wildman–Crippen MR) is 84.1 cm³/mol. The highest BCUT2D eigenvalue weighted by Crippen LogP contribution is 2.49. The van der Waals surface area contributed by atoms with E-state index in [1.807, 2.05) is 0 Å². The van der Waals surface area contributed by atoms with Crippen LogP contribution in [-0.2, 0) is 16.6 Å². The number of fused-ring (bicyclic) bond motifs is 4. The Hall–Kier alpha value is -1.31. The zero-order valence-electron chi connectivity index (χ0n) is 13.1. The molecule has 0 N–H and O–H groups in total. The summed E-state index contributed by atoms with van der Waals surface area (Å²) in [6.07, 6.45) is 5.63. The van der Waals surface area contributed by atoms with Crippen LogP contribution >= 0.6 is 0 Å². The van der Waals surface area contributed by atoms with E-state index in [4.69, 9.17) is 0 Å². The van der Waals surface area contributed by atoms with Gasteiger partial charge in [-0.1, -0.05) is 44.5 Å². The third-order valence-electron chi connectivity index (χ3n) is 6.65. The molecule has 0 unspecified atom stereocenters. The Balaban J connectivity index is 1.69. The summed E-state index contributed by atoms with van der Waals surface area (Å²) in [5.74, 6) is 1.34. The summed E-state index contributed by atoms with van der Waals surface area (Å²) in [4.78, 5) is 15.0. The first kappa shape index (κ1) is 13.4. The Morgan fingerprint density at radius 2 is 2.05 bits per heavy atom. The summed E-state index contributed by atoms with van der Waals surface area (Å²) in [7, 11) is 0. The topological polar surface area (TPSA) is 20.3 Å². The van der Waals surface area contributed by atoms with Gasteiger partial charge in [0.15, 0.2) is 0 Å². The lowest BCUT2D eigenvalue weighted by atomic mass is 9.59. The quantitative estimate of drug-likeness (QED) is 0.772. The molecule has 1 aliphatic heterocycles. The highest BCUT2D eigenvalue weighted by Gasteiger charge is 2.50. The van der Waals surface area contributed by atoms with E-state index < -0.39 is 0 Å².